The normalized spacial score (nSPS) is 21.5. The monoisotopic (exact) mass is 456 g/mol. The first-order valence-corrected chi connectivity index (χ1v) is 11.5. The van der Waals surface area contributed by atoms with Gasteiger partial charge in [0, 0.05) is 42.5 Å². The first-order chi connectivity index (χ1) is 15.5. The lowest BCUT2D eigenvalue weighted by atomic mass is 9.98. The summed E-state index contributed by atoms with van der Waals surface area (Å²) in [4.78, 5) is 27.6. The number of hydrazone groups is 1. The first kappa shape index (κ1) is 22.6. The average molecular weight is 457 g/mol. The number of benzene rings is 1. The van der Waals surface area contributed by atoms with E-state index >= 15 is 0 Å². The van der Waals surface area contributed by atoms with Crippen LogP contribution in [0, 0.1) is 5.92 Å². The predicted molar refractivity (Wildman–Crippen MR) is 123 cm³/mol. The molecule has 0 radical (unpaired) electrons. The van der Waals surface area contributed by atoms with Crippen LogP contribution in [-0.2, 0) is 21.4 Å². The minimum Gasteiger partial charge on any atom is -0.466 e. The summed E-state index contributed by atoms with van der Waals surface area (Å²) in [5, 5.41) is 6.95. The molecule has 2 aromatic rings. The largest absolute Gasteiger partial charge is 0.466 e. The molecular weight excluding hydrogens is 428 g/mol. The van der Waals surface area contributed by atoms with Crippen molar-refractivity contribution >= 4 is 29.2 Å². The van der Waals surface area contributed by atoms with Crippen LogP contribution in [0.2, 0.25) is 5.02 Å². The van der Waals surface area contributed by atoms with Crippen LogP contribution in [0.25, 0.3) is 0 Å². The van der Waals surface area contributed by atoms with E-state index in [0.29, 0.717) is 24.6 Å². The number of hydrogen-bond acceptors (Lipinski definition) is 5. The highest BCUT2D eigenvalue weighted by Gasteiger charge is 2.36. The molecule has 0 spiro atoms. The fourth-order valence-corrected chi connectivity index (χ4v) is 4.81. The van der Waals surface area contributed by atoms with E-state index in [4.69, 9.17) is 21.4 Å². The lowest BCUT2D eigenvalue weighted by molar-refractivity contribution is -0.150. The van der Waals surface area contributed by atoms with E-state index in [-0.39, 0.29) is 30.4 Å². The molecule has 1 fully saturated rings. The van der Waals surface area contributed by atoms with Crippen LogP contribution >= 0.6 is 11.6 Å². The van der Waals surface area contributed by atoms with E-state index in [1.807, 2.05) is 66.0 Å². The van der Waals surface area contributed by atoms with Crippen LogP contribution < -0.4 is 0 Å². The van der Waals surface area contributed by atoms with Crippen LogP contribution in [0.4, 0.5) is 0 Å². The van der Waals surface area contributed by atoms with Crippen molar-refractivity contribution in [3.63, 3.8) is 0 Å². The zero-order chi connectivity index (χ0) is 22.7. The molecule has 2 aliphatic rings. The average Bonchev–Trinajstić information content (AvgIpc) is 3.40. The molecule has 0 N–H and O–H groups in total. The molecule has 1 aromatic heterocycles. The van der Waals surface area contributed by atoms with E-state index in [0.717, 1.165) is 36.4 Å². The van der Waals surface area contributed by atoms with Gasteiger partial charge < -0.3 is 9.30 Å². The predicted octanol–water partition coefficient (Wildman–Crippen LogP) is 3.63. The zero-order valence-corrected chi connectivity index (χ0v) is 19.3. The van der Waals surface area contributed by atoms with E-state index in [1.54, 1.807) is 5.01 Å². The van der Waals surface area contributed by atoms with Crippen LogP contribution in [-0.4, -0.2) is 58.3 Å². The maximum Gasteiger partial charge on any atom is 0.310 e. The summed E-state index contributed by atoms with van der Waals surface area (Å²) in [7, 11) is 1.97. The van der Waals surface area contributed by atoms with E-state index in [9.17, 15) is 9.59 Å². The Kier molecular flexibility index (Phi) is 6.96. The Morgan fingerprint density at radius 3 is 2.75 bits per heavy atom. The SMILES string of the molecule is CCOC(=O)[C@H]1CCCN(CC(=O)N2N=C(c3ccccc3Cl)C[C@H]2c2cccn2C)C1. The zero-order valence-electron chi connectivity index (χ0n) is 18.5. The van der Waals surface area contributed by atoms with Crippen molar-refractivity contribution in [3.05, 3.63) is 58.9 Å². The fraction of sp³-hybridized carbons (Fsp3) is 0.458. The molecule has 7 nitrogen and oxygen atoms in total. The van der Waals surface area contributed by atoms with Gasteiger partial charge in [-0.25, -0.2) is 5.01 Å². The van der Waals surface area contributed by atoms with Crippen LogP contribution in [0.5, 0.6) is 0 Å². The highest BCUT2D eigenvalue weighted by molar-refractivity contribution is 6.34. The Balaban J connectivity index is 1.54. The number of aryl methyl sites for hydroxylation is 1. The van der Waals surface area contributed by atoms with Gasteiger partial charge in [0.1, 0.15) is 6.04 Å². The van der Waals surface area contributed by atoms with Crippen molar-refractivity contribution in [2.75, 3.05) is 26.2 Å². The molecule has 1 saturated heterocycles. The summed E-state index contributed by atoms with van der Waals surface area (Å²) in [5.41, 5.74) is 2.68. The summed E-state index contributed by atoms with van der Waals surface area (Å²) in [6.07, 6.45) is 4.24. The third-order valence-corrected chi connectivity index (χ3v) is 6.49. The Labute approximate surface area is 193 Å². The molecule has 2 atom stereocenters. The number of piperidine rings is 1. The van der Waals surface area contributed by atoms with Gasteiger partial charge in [-0.15, -0.1) is 0 Å². The van der Waals surface area contributed by atoms with Gasteiger partial charge in [-0.05, 0) is 44.5 Å². The lowest BCUT2D eigenvalue weighted by Gasteiger charge is -2.32. The Hall–Kier alpha value is -2.64. The smallest absolute Gasteiger partial charge is 0.310 e. The van der Waals surface area contributed by atoms with E-state index in [1.165, 1.54) is 0 Å². The van der Waals surface area contributed by atoms with Gasteiger partial charge in [0.2, 0.25) is 0 Å². The van der Waals surface area contributed by atoms with Gasteiger partial charge in [-0.2, -0.15) is 5.10 Å². The summed E-state index contributed by atoms with van der Waals surface area (Å²) in [6.45, 7) is 3.73. The van der Waals surface area contributed by atoms with Crippen LogP contribution in [0.1, 0.15) is 43.5 Å². The van der Waals surface area contributed by atoms with Crippen molar-refractivity contribution in [2.45, 2.75) is 32.2 Å². The molecule has 32 heavy (non-hydrogen) atoms. The molecule has 0 unspecified atom stereocenters. The number of amides is 1. The molecule has 2 aliphatic heterocycles. The number of esters is 1. The van der Waals surface area contributed by atoms with Gasteiger partial charge in [0.25, 0.3) is 5.91 Å². The molecule has 0 bridgehead atoms. The van der Waals surface area contributed by atoms with Gasteiger partial charge in [-0.1, -0.05) is 29.8 Å². The number of likely N-dealkylation sites (tertiary alicyclic amines) is 1. The third kappa shape index (κ3) is 4.74. The minimum atomic E-state index is -0.195. The second-order valence-electron chi connectivity index (χ2n) is 8.36. The molecule has 1 amide bonds. The maximum atomic E-state index is 13.4. The second-order valence-corrected chi connectivity index (χ2v) is 8.76. The van der Waals surface area contributed by atoms with Gasteiger partial charge in [0.15, 0.2) is 0 Å². The molecule has 0 saturated carbocycles. The van der Waals surface area contributed by atoms with Gasteiger partial charge >= 0.3 is 5.97 Å². The fourth-order valence-electron chi connectivity index (χ4n) is 4.56. The lowest BCUT2D eigenvalue weighted by Crippen LogP contribution is -2.45. The Morgan fingerprint density at radius 2 is 2.03 bits per heavy atom. The number of ether oxygens (including phenoxy) is 1. The van der Waals surface area contributed by atoms with E-state index in [2.05, 4.69) is 0 Å². The first-order valence-electron chi connectivity index (χ1n) is 11.1. The number of rotatable bonds is 6. The Morgan fingerprint density at radius 1 is 1.22 bits per heavy atom. The number of halogens is 1. The summed E-state index contributed by atoms with van der Waals surface area (Å²) < 4.78 is 7.21. The van der Waals surface area contributed by atoms with Crippen molar-refractivity contribution < 1.29 is 14.3 Å². The summed E-state index contributed by atoms with van der Waals surface area (Å²) in [6, 6.07) is 11.4. The second kappa shape index (κ2) is 9.88. The topological polar surface area (TPSA) is 67.1 Å². The van der Waals surface area contributed by atoms with Gasteiger partial charge in [-0.3, -0.25) is 14.5 Å². The highest BCUT2D eigenvalue weighted by atomic mass is 35.5. The molecular formula is C24H29ClN4O3. The third-order valence-electron chi connectivity index (χ3n) is 6.16. The number of carbonyl (C=O) groups is 2. The van der Waals surface area contributed by atoms with Crippen LogP contribution in [0.15, 0.2) is 47.7 Å². The van der Waals surface area contributed by atoms with Crippen molar-refractivity contribution in [1.82, 2.24) is 14.5 Å². The Bertz CT molecular complexity index is 1020. The number of aromatic nitrogens is 1. The van der Waals surface area contributed by atoms with Crippen molar-refractivity contribution in [1.29, 1.82) is 0 Å². The minimum absolute atomic E-state index is 0.0808. The molecule has 3 heterocycles. The number of hydrogen-bond donors (Lipinski definition) is 0. The molecule has 170 valence electrons. The van der Waals surface area contributed by atoms with Crippen molar-refractivity contribution in [2.24, 2.45) is 18.1 Å². The quantitative estimate of drug-likeness (QED) is 0.622. The number of carbonyl (C=O) groups excluding carboxylic acids is 2. The molecule has 8 heteroatoms. The number of nitrogens with zero attached hydrogens (tertiary/aromatic N) is 4. The van der Waals surface area contributed by atoms with Crippen LogP contribution in [0.3, 0.4) is 0 Å². The summed E-state index contributed by atoms with van der Waals surface area (Å²) in [5.74, 6) is -0.435. The summed E-state index contributed by atoms with van der Waals surface area (Å²) >= 11 is 6.42. The van der Waals surface area contributed by atoms with E-state index < -0.39 is 0 Å². The standard InChI is InChI=1S/C24H29ClN4O3/c1-3-32-24(31)17-8-6-13-28(15-17)16-23(30)29-22(21-11-7-12-27(21)2)14-20(26-29)18-9-4-5-10-19(18)25/h4-5,7,9-12,17,22H,3,6,8,13-16H2,1-2H3/t17-,22-/m0/s1. The molecule has 0 aliphatic carbocycles. The van der Waals surface area contributed by atoms with Crippen molar-refractivity contribution in [3.8, 4) is 0 Å². The molecule has 1 aromatic carbocycles. The molecule has 4 rings (SSSR count). The maximum absolute atomic E-state index is 13.4. The van der Waals surface area contributed by atoms with Gasteiger partial charge in [0.05, 0.1) is 24.8 Å². The highest BCUT2D eigenvalue weighted by Crippen LogP contribution is 2.34.